The molecule has 0 fully saturated rings. The zero-order chi connectivity index (χ0) is 7.68. The van der Waals surface area contributed by atoms with Crippen LogP contribution >= 0.6 is 0 Å². The van der Waals surface area contributed by atoms with E-state index in [1.165, 1.54) is 10.8 Å². The van der Waals surface area contributed by atoms with Gasteiger partial charge in [-0.3, -0.25) is 0 Å². The molecule has 0 N–H and O–H groups in total. The molecular weight excluding hydrogens is 134 g/mol. The summed E-state index contributed by atoms with van der Waals surface area (Å²) in [5.74, 6) is 0. The summed E-state index contributed by atoms with van der Waals surface area (Å²) in [5.41, 5.74) is 1.28. The van der Waals surface area contributed by atoms with Crippen LogP contribution in [-0.2, 0) is 0 Å². The molecule has 0 amide bonds. The molecule has 1 heterocycles. The molecule has 1 aliphatic heterocycles. The molecule has 53 valence electrons. The number of hydrogen-bond acceptors (Lipinski definition) is 1. The van der Waals surface area contributed by atoms with Gasteiger partial charge in [0, 0.05) is 12.1 Å². The number of fused-ring (bicyclic) bond motifs is 1. The summed E-state index contributed by atoms with van der Waals surface area (Å²) in [6, 6.07) is 6.27. The highest BCUT2D eigenvalue weighted by molar-refractivity contribution is 5.38. The Labute approximate surface area is 65.4 Å². The van der Waals surface area contributed by atoms with Crippen LogP contribution in [0.1, 0.15) is 5.56 Å². The third kappa shape index (κ3) is 1.09. The molecule has 0 saturated carbocycles. The first-order valence-corrected chi connectivity index (χ1v) is 3.68. The Morgan fingerprint density at radius 2 is 2.18 bits per heavy atom. The van der Waals surface area contributed by atoms with E-state index in [0.29, 0.717) is 0 Å². The van der Waals surface area contributed by atoms with Crippen molar-refractivity contribution in [3.05, 3.63) is 46.6 Å². The third-order valence-corrected chi connectivity index (χ3v) is 1.76. The molecule has 11 heavy (non-hydrogen) atoms. The van der Waals surface area contributed by atoms with Crippen LogP contribution in [0.15, 0.2) is 30.5 Å². The van der Waals surface area contributed by atoms with Crippen LogP contribution in [0.3, 0.4) is 0 Å². The number of rotatable bonds is 0. The average molecular weight is 143 g/mol. The van der Waals surface area contributed by atoms with Crippen molar-refractivity contribution in [2.24, 2.45) is 0 Å². The molecule has 0 bridgehead atoms. The van der Waals surface area contributed by atoms with Crippen molar-refractivity contribution in [2.75, 3.05) is 0 Å². The molecule has 1 aromatic carbocycles. The molecule has 0 unspecified atom stereocenters. The van der Waals surface area contributed by atoms with Gasteiger partial charge in [-0.15, -0.1) is 0 Å². The summed E-state index contributed by atoms with van der Waals surface area (Å²) in [6.45, 7) is 2.09. The number of aryl methyl sites for hydroxylation is 1. The lowest BCUT2D eigenvalue weighted by molar-refractivity contribution is 1.16. The van der Waals surface area contributed by atoms with Crippen molar-refractivity contribution in [1.82, 2.24) is 4.99 Å². The summed E-state index contributed by atoms with van der Waals surface area (Å²) in [4.78, 5) is 4.22. The molecule has 1 aliphatic rings. The highest BCUT2D eigenvalue weighted by Gasteiger charge is 1.98. The molecular formula is C10H9N+. The van der Waals surface area contributed by atoms with Gasteiger partial charge < -0.3 is 0 Å². The predicted octanol–water partition coefficient (Wildman–Crippen LogP) is 0.258. The quantitative estimate of drug-likeness (QED) is 0.494. The lowest BCUT2D eigenvalue weighted by Crippen LogP contribution is -2.30. The van der Waals surface area contributed by atoms with Crippen molar-refractivity contribution in [3.8, 4) is 0 Å². The van der Waals surface area contributed by atoms with Crippen LogP contribution in [0.25, 0.3) is 6.08 Å². The number of hydrogen-bond donors (Lipinski definition) is 0. The predicted molar refractivity (Wildman–Crippen MR) is 45.3 cm³/mol. The van der Waals surface area contributed by atoms with E-state index in [4.69, 9.17) is 0 Å². The van der Waals surface area contributed by atoms with Crippen LogP contribution in [0, 0.1) is 6.92 Å². The van der Waals surface area contributed by atoms with E-state index in [9.17, 15) is 0 Å². The van der Waals surface area contributed by atoms with E-state index >= 15 is 0 Å². The van der Waals surface area contributed by atoms with E-state index in [-0.39, 0.29) is 0 Å². The van der Waals surface area contributed by atoms with Gasteiger partial charge in [0.1, 0.15) is 0 Å². The monoisotopic (exact) mass is 143 g/mol. The summed E-state index contributed by atoms with van der Waals surface area (Å²) in [6.07, 6.45) is 5.86. The second kappa shape index (κ2) is 2.35. The molecule has 0 aliphatic carbocycles. The Morgan fingerprint density at radius 3 is 3.09 bits per heavy atom. The summed E-state index contributed by atoms with van der Waals surface area (Å²) >= 11 is 0. The van der Waals surface area contributed by atoms with Gasteiger partial charge in [-0.25, -0.2) is 0 Å². The fourth-order valence-corrected chi connectivity index (χ4v) is 1.20. The van der Waals surface area contributed by atoms with Crippen molar-refractivity contribution >= 4 is 6.08 Å². The maximum absolute atomic E-state index is 4.22. The van der Waals surface area contributed by atoms with E-state index in [0.717, 1.165) is 5.36 Å². The SMILES string of the molecule is Cc1ccc2c(c1)=CC=C[N+]=2. The normalized spacial score (nSPS) is 13.2. The number of nitrogens with zero attached hydrogens (tertiary/aromatic N) is 1. The van der Waals surface area contributed by atoms with E-state index in [1.54, 1.807) is 0 Å². The lowest BCUT2D eigenvalue weighted by Gasteiger charge is -1.87. The second-order valence-electron chi connectivity index (χ2n) is 2.70. The smallest absolute Gasteiger partial charge is 0.0524 e. The molecule has 1 radical (unpaired) electrons. The highest BCUT2D eigenvalue weighted by Crippen LogP contribution is 1.86. The zero-order valence-electron chi connectivity index (χ0n) is 6.41. The Bertz CT molecular complexity index is 413. The highest BCUT2D eigenvalue weighted by atomic mass is 14.7. The molecule has 1 aromatic rings. The molecule has 0 atom stereocenters. The van der Waals surface area contributed by atoms with Gasteiger partial charge >= 0.3 is 0 Å². The standard InChI is InChI=1S/C10H9N/c1-8-4-5-10-9(7-8)3-2-6-11-10/h2-7H,1H3/q+1. The Kier molecular flexibility index (Phi) is 1.35. The van der Waals surface area contributed by atoms with Crippen LogP contribution < -0.4 is 15.6 Å². The number of benzene rings is 1. The fraction of sp³-hybridized carbons (Fsp3) is 0.100. The Morgan fingerprint density at radius 1 is 1.27 bits per heavy atom. The minimum atomic E-state index is 1.07. The molecule has 1 nitrogen and oxygen atoms in total. The third-order valence-electron chi connectivity index (χ3n) is 1.76. The van der Waals surface area contributed by atoms with Crippen LogP contribution in [0.2, 0.25) is 0 Å². The maximum atomic E-state index is 4.22. The molecule has 2 rings (SSSR count). The van der Waals surface area contributed by atoms with E-state index in [2.05, 4.69) is 30.1 Å². The van der Waals surface area contributed by atoms with Gasteiger partial charge in [-0.05, 0) is 19.1 Å². The molecule has 0 spiro atoms. The maximum Gasteiger partial charge on any atom is 0.284 e. The summed E-state index contributed by atoms with van der Waals surface area (Å²) in [5, 5.41) is 2.28. The lowest BCUT2D eigenvalue weighted by atomic mass is 10.2. The molecule has 0 saturated heterocycles. The van der Waals surface area contributed by atoms with Crippen LogP contribution in [0.4, 0.5) is 0 Å². The summed E-state index contributed by atoms with van der Waals surface area (Å²) in [7, 11) is 0. The van der Waals surface area contributed by atoms with Gasteiger partial charge in [0.15, 0.2) is 0 Å². The minimum Gasteiger partial charge on any atom is -0.0524 e. The van der Waals surface area contributed by atoms with Gasteiger partial charge in [-0.1, -0.05) is 11.6 Å². The topological polar surface area (TPSA) is 14.1 Å². The second-order valence-corrected chi connectivity index (χ2v) is 2.70. The molecule has 1 heteroatoms. The van der Waals surface area contributed by atoms with Crippen molar-refractivity contribution in [1.29, 1.82) is 0 Å². The Hall–Kier alpha value is -1.37. The zero-order valence-corrected chi connectivity index (χ0v) is 6.41. The minimum absolute atomic E-state index is 1.07. The van der Waals surface area contributed by atoms with Gasteiger partial charge in [0.2, 0.25) is 6.20 Å². The Balaban J connectivity index is 2.86. The van der Waals surface area contributed by atoms with E-state index < -0.39 is 0 Å². The number of allylic oxidation sites excluding steroid dienone is 1. The summed E-state index contributed by atoms with van der Waals surface area (Å²) < 4.78 is 0. The van der Waals surface area contributed by atoms with Crippen molar-refractivity contribution < 1.29 is 0 Å². The van der Waals surface area contributed by atoms with Gasteiger partial charge in [-0.2, -0.15) is 0 Å². The van der Waals surface area contributed by atoms with Crippen LogP contribution in [-0.4, -0.2) is 0 Å². The van der Waals surface area contributed by atoms with Gasteiger partial charge in [0.05, 0.1) is 10.2 Å². The molecule has 0 aromatic heterocycles. The first-order valence-electron chi connectivity index (χ1n) is 3.68. The van der Waals surface area contributed by atoms with Gasteiger partial charge in [0.25, 0.3) is 5.36 Å². The fourth-order valence-electron chi connectivity index (χ4n) is 1.20. The van der Waals surface area contributed by atoms with E-state index in [1.807, 2.05) is 18.3 Å². The van der Waals surface area contributed by atoms with Crippen molar-refractivity contribution in [3.63, 3.8) is 0 Å². The van der Waals surface area contributed by atoms with Crippen molar-refractivity contribution in [2.45, 2.75) is 6.92 Å². The van der Waals surface area contributed by atoms with Crippen LogP contribution in [0.5, 0.6) is 0 Å². The first kappa shape index (κ1) is 6.35. The first-order chi connectivity index (χ1) is 5.36. The largest absolute Gasteiger partial charge is 0.284 e. The average Bonchev–Trinajstić information content (AvgIpc) is 2.04.